The first-order chi connectivity index (χ1) is 9.42. The number of furan rings is 1. The van der Waals surface area contributed by atoms with E-state index in [1.807, 2.05) is 0 Å². The lowest BCUT2D eigenvalue weighted by Gasteiger charge is -2.05. The largest absolute Gasteiger partial charge is 0.447 e. The highest BCUT2D eigenvalue weighted by Gasteiger charge is 2.18. The molecule has 20 heavy (non-hydrogen) atoms. The predicted octanol–water partition coefficient (Wildman–Crippen LogP) is 2.01. The maximum Gasteiger partial charge on any atom is 0.274 e. The van der Waals surface area contributed by atoms with Crippen LogP contribution in [0, 0.1) is 5.82 Å². The number of hydrogen-bond acceptors (Lipinski definition) is 4. The summed E-state index contributed by atoms with van der Waals surface area (Å²) in [4.78, 5) is 0. The van der Waals surface area contributed by atoms with Crippen LogP contribution in [-0.2, 0) is 23.1 Å². The minimum Gasteiger partial charge on any atom is -0.447 e. The molecule has 0 amide bonds. The lowest BCUT2D eigenvalue weighted by molar-refractivity contribution is 0.412. The van der Waals surface area contributed by atoms with Crippen molar-refractivity contribution in [2.45, 2.75) is 18.2 Å². The van der Waals surface area contributed by atoms with Gasteiger partial charge in [-0.3, -0.25) is 0 Å². The third-order valence-corrected chi connectivity index (χ3v) is 4.12. The molecule has 0 fully saturated rings. The highest BCUT2D eigenvalue weighted by atomic mass is 35.5. The van der Waals surface area contributed by atoms with Crippen LogP contribution in [0.5, 0.6) is 0 Å². The zero-order valence-corrected chi connectivity index (χ0v) is 11.8. The first-order valence-corrected chi connectivity index (χ1v) is 7.51. The Morgan fingerprint density at radius 1 is 1.30 bits per heavy atom. The van der Waals surface area contributed by atoms with Crippen LogP contribution in [0.25, 0.3) is 0 Å². The number of sulfonamides is 1. The molecule has 1 heterocycles. The Hall–Kier alpha value is -1.41. The molecule has 1 aromatic heterocycles. The average molecular weight is 319 g/mol. The molecule has 0 aliphatic heterocycles. The van der Waals surface area contributed by atoms with Crippen LogP contribution in [0.15, 0.2) is 39.8 Å². The molecule has 0 bridgehead atoms. The second-order valence-corrected chi connectivity index (χ2v) is 6.10. The highest BCUT2D eigenvalue weighted by Crippen LogP contribution is 2.17. The second-order valence-electron chi connectivity index (χ2n) is 4.00. The Kier molecular flexibility index (Phi) is 4.44. The van der Waals surface area contributed by atoms with Crippen LogP contribution in [0.4, 0.5) is 4.39 Å². The van der Waals surface area contributed by atoms with Crippen molar-refractivity contribution in [1.29, 1.82) is 0 Å². The Morgan fingerprint density at radius 2 is 2.05 bits per heavy atom. The van der Waals surface area contributed by atoms with Crippen molar-refractivity contribution in [3.63, 3.8) is 0 Å². The van der Waals surface area contributed by atoms with Crippen molar-refractivity contribution in [1.82, 2.24) is 4.72 Å². The van der Waals surface area contributed by atoms with Crippen molar-refractivity contribution < 1.29 is 17.2 Å². The van der Waals surface area contributed by atoms with Gasteiger partial charge in [0, 0.05) is 6.54 Å². The van der Waals surface area contributed by atoms with Gasteiger partial charge in [0.25, 0.3) is 10.0 Å². The first-order valence-electron chi connectivity index (χ1n) is 5.65. The van der Waals surface area contributed by atoms with E-state index >= 15 is 0 Å². The average Bonchev–Trinajstić information content (AvgIpc) is 2.90. The Bertz CT molecular complexity index is 715. The third kappa shape index (κ3) is 3.37. The van der Waals surface area contributed by atoms with E-state index < -0.39 is 15.8 Å². The normalized spacial score (nSPS) is 11.8. The number of rotatable bonds is 5. The van der Waals surface area contributed by atoms with Crippen molar-refractivity contribution in [3.05, 3.63) is 52.5 Å². The smallest absolute Gasteiger partial charge is 0.274 e. The van der Waals surface area contributed by atoms with Crippen molar-refractivity contribution in [2.75, 3.05) is 0 Å². The third-order valence-electron chi connectivity index (χ3n) is 2.55. The second kappa shape index (κ2) is 5.92. The minimum atomic E-state index is -3.78. The van der Waals surface area contributed by atoms with Gasteiger partial charge in [-0.05, 0) is 29.8 Å². The summed E-state index contributed by atoms with van der Waals surface area (Å²) in [5.74, 6) is -0.188. The Labute approximate surface area is 120 Å². The number of halogens is 2. The van der Waals surface area contributed by atoms with Crippen LogP contribution in [-0.4, -0.2) is 8.42 Å². The molecule has 2 rings (SSSR count). The summed E-state index contributed by atoms with van der Waals surface area (Å²) in [6.07, 6.45) is 0. The molecule has 0 spiro atoms. The van der Waals surface area contributed by atoms with Crippen molar-refractivity contribution in [3.8, 4) is 0 Å². The van der Waals surface area contributed by atoms with Gasteiger partial charge in [0.05, 0.1) is 11.6 Å². The lowest BCUT2D eigenvalue weighted by Crippen LogP contribution is -2.22. The Balaban J connectivity index is 2.10. The topological polar surface area (TPSA) is 85.3 Å². The molecule has 5 nitrogen and oxygen atoms in total. The van der Waals surface area contributed by atoms with E-state index in [1.54, 1.807) is 0 Å². The van der Waals surface area contributed by atoms with E-state index in [0.29, 0.717) is 11.3 Å². The van der Waals surface area contributed by atoms with Crippen LogP contribution in [0.2, 0.25) is 5.02 Å². The molecule has 0 aliphatic rings. The number of benzene rings is 1. The van der Waals surface area contributed by atoms with Crippen molar-refractivity contribution in [2.24, 2.45) is 5.73 Å². The summed E-state index contributed by atoms with van der Waals surface area (Å²) in [6.45, 7) is 0.0874. The van der Waals surface area contributed by atoms with E-state index in [0.717, 1.165) is 0 Å². The molecule has 3 N–H and O–H groups in total. The zero-order valence-electron chi connectivity index (χ0n) is 10.3. The van der Waals surface area contributed by atoms with Gasteiger partial charge in [-0.25, -0.2) is 17.5 Å². The molecule has 0 aliphatic carbocycles. The van der Waals surface area contributed by atoms with Gasteiger partial charge >= 0.3 is 0 Å². The van der Waals surface area contributed by atoms with E-state index in [9.17, 15) is 12.8 Å². The van der Waals surface area contributed by atoms with Crippen LogP contribution < -0.4 is 10.5 Å². The molecule has 108 valence electrons. The van der Waals surface area contributed by atoms with Gasteiger partial charge in [0.2, 0.25) is 5.09 Å². The zero-order chi connectivity index (χ0) is 14.8. The summed E-state index contributed by atoms with van der Waals surface area (Å²) >= 11 is 5.62. The van der Waals surface area contributed by atoms with Gasteiger partial charge < -0.3 is 10.2 Å². The predicted molar refractivity (Wildman–Crippen MR) is 72.0 cm³/mol. The molecule has 1 aromatic carbocycles. The van der Waals surface area contributed by atoms with E-state index in [4.69, 9.17) is 21.8 Å². The summed E-state index contributed by atoms with van der Waals surface area (Å²) in [5.41, 5.74) is 5.88. The Morgan fingerprint density at radius 3 is 2.65 bits per heavy atom. The van der Waals surface area contributed by atoms with E-state index in [2.05, 4.69) is 4.72 Å². The van der Waals surface area contributed by atoms with Crippen LogP contribution in [0.3, 0.4) is 0 Å². The quantitative estimate of drug-likeness (QED) is 0.883. The fraction of sp³-hybridized carbons (Fsp3) is 0.167. The molecule has 0 saturated carbocycles. The lowest BCUT2D eigenvalue weighted by atomic mass is 10.2. The molecular formula is C12H12ClFN2O3S. The molecule has 2 aromatic rings. The molecule has 0 radical (unpaired) electrons. The molecule has 0 unspecified atom stereocenters. The van der Waals surface area contributed by atoms with Gasteiger partial charge in [-0.1, -0.05) is 17.7 Å². The summed E-state index contributed by atoms with van der Waals surface area (Å²) in [6, 6.07) is 6.78. The van der Waals surface area contributed by atoms with Crippen molar-refractivity contribution >= 4 is 21.6 Å². The summed E-state index contributed by atoms with van der Waals surface area (Å²) < 4.78 is 44.2. The monoisotopic (exact) mass is 318 g/mol. The summed E-state index contributed by atoms with van der Waals surface area (Å²) in [5, 5.41) is -0.281. The SMILES string of the molecule is NCc1ccc(S(=O)(=O)NCc2ccc(F)c(Cl)c2)o1. The minimum absolute atomic E-state index is 0.0268. The maximum absolute atomic E-state index is 13.0. The van der Waals surface area contributed by atoms with Gasteiger partial charge in [0.1, 0.15) is 11.6 Å². The molecule has 8 heteroatoms. The fourth-order valence-corrected chi connectivity index (χ4v) is 2.68. The standard InChI is InChI=1S/C12H12ClFN2O3S/c13-10-5-8(1-3-11(10)14)7-16-20(17,18)12-4-2-9(6-15)19-12/h1-5,16H,6-7,15H2. The van der Waals surface area contributed by atoms with Crippen LogP contribution in [0.1, 0.15) is 11.3 Å². The fourth-order valence-electron chi connectivity index (χ4n) is 1.51. The molecule has 0 saturated heterocycles. The summed E-state index contributed by atoms with van der Waals surface area (Å²) in [7, 11) is -3.78. The number of nitrogens with one attached hydrogen (secondary N) is 1. The maximum atomic E-state index is 13.0. The van der Waals surface area contributed by atoms with E-state index in [-0.39, 0.29) is 23.2 Å². The number of hydrogen-bond donors (Lipinski definition) is 2. The first kappa shape index (κ1) is 15.0. The molecule has 0 atom stereocenters. The van der Waals surface area contributed by atoms with Gasteiger partial charge in [-0.15, -0.1) is 0 Å². The van der Waals surface area contributed by atoms with Gasteiger partial charge in [0.15, 0.2) is 0 Å². The number of nitrogens with two attached hydrogens (primary N) is 1. The molecular weight excluding hydrogens is 307 g/mol. The van der Waals surface area contributed by atoms with E-state index in [1.165, 1.54) is 30.3 Å². The highest BCUT2D eigenvalue weighted by molar-refractivity contribution is 7.89. The van der Waals surface area contributed by atoms with Crippen LogP contribution >= 0.6 is 11.6 Å². The van der Waals surface area contributed by atoms with Gasteiger partial charge in [-0.2, -0.15) is 0 Å².